The van der Waals surface area contributed by atoms with Crippen molar-refractivity contribution in [3.8, 4) is 22.3 Å². The zero-order chi connectivity index (χ0) is 27.7. The Hall–Kier alpha value is -4.75. The number of fused-ring (bicyclic) bond motifs is 1. The van der Waals surface area contributed by atoms with Gasteiger partial charge in [-0.05, 0) is 92.5 Å². The molecule has 0 saturated carbocycles. The Kier molecular flexibility index (Phi) is 5.37. The van der Waals surface area contributed by atoms with Gasteiger partial charge in [-0.2, -0.15) is 0 Å². The Labute approximate surface area is 241 Å². The fourth-order valence-corrected chi connectivity index (χ4v) is 6.79. The Bertz CT molecular complexity index is 2130. The molecule has 0 aromatic heterocycles. The second kappa shape index (κ2) is 9.14. The van der Waals surface area contributed by atoms with E-state index in [2.05, 4.69) is 136 Å². The van der Waals surface area contributed by atoms with Gasteiger partial charge in [0.25, 0.3) is 0 Å². The van der Waals surface area contributed by atoms with E-state index in [1.807, 2.05) is 0 Å². The molecule has 8 rings (SSSR count). The van der Waals surface area contributed by atoms with E-state index in [0.717, 1.165) is 12.1 Å². The van der Waals surface area contributed by atoms with Gasteiger partial charge in [0.1, 0.15) is 0 Å². The molecule has 0 fully saturated rings. The molecule has 1 aliphatic heterocycles. The van der Waals surface area contributed by atoms with Crippen molar-refractivity contribution in [3.05, 3.63) is 138 Å². The summed E-state index contributed by atoms with van der Waals surface area (Å²) in [6.45, 7) is 6.61. The van der Waals surface area contributed by atoms with E-state index in [0.29, 0.717) is 5.92 Å². The molecular weight excluding hydrogens is 494 g/mol. The van der Waals surface area contributed by atoms with Gasteiger partial charge < -0.3 is 0 Å². The molecule has 7 aromatic carbocycles. The minimum absolute atomic E-state index is 0.331. The summed E-state index contributed by atoms with van der Waals surface area (Å²) in [5.74, 6) is 0.331. The molecule has 0 N–H and O–H groups in total. The lowest BCUT2D eigenvalue weighted by molar-refractivity contribution is 0.755. The third-order valence-corrected chi connectivity index (χ3v) is 9.00. The number of hydrogen-bond donors (Lipinski definition) is 0. The highest BCUT2D eigenvalue weighted by Gasteiger charge is 2.24. The van der Waals surface area contributed by atoms with Crippen LogP contribution in [0.1, 0.15) is 29.2 Å². The standard InChI is InChI=1S/C40H31N/c1-24-4-8-27(9-5-24)31-16-21-37-32(23-31)22-26(3)40(41-37)36-20-15-30-13-18-34-33(28-10-6-25(2)7-11-28)17-12-29-14-19-35(36)39(30)38(29)34/h4-21,23,26H,22H2,1-3H3. The average Bonchev–Trinajstić information content (AvgIpc) is 3.00. The monoisotopic (exact) mass is 525 g/mol. The number of rotatable bonds is 3. The zero-order valence-electron chi connectivity index (χ0n) is 23.7. The van der Waals surface area contributed by atoms with Crippen molar-refractivity contribution in [2.45, 2.75) is 27.2 Å². The van der Waals surface area contributed by atoms with Crippen LogP contribution in [0.4, 0.5) is 5.69 Å². The third-order valence-electron chi connectivity index (χ3n) is 9.00. The van der Waals surface area contributed by atoms with Crippen molar-refractivity contribution >= 4 is 43.7 Å². The normalized spacial score (nSPS) is 15.0. The Morgan fingerprint density at radius 2 is 1.07 bits per heavy atom. The van der Waals surface area contributed by atoms with Crippen molar-refractivity contribution in [2.75, 3.05) is 0 Å². The number of benzene rings is 7. The lowest BCUT2D eigenvalue weighted by Crippen LogP contribution is -2.19. The van der Waals surface area contributed by atoms with Crippen LogP contribution in [0.25, 0.3) is 54.6 Å². The van der Waals surface area contributed by atoms with Crippen LogP contribution in [0.2, 0.25) is 0 Å². The van der Waals surface area contributed by atoms with Gasteiger partial charge in [0.05, 0.1) is 11.4 Å². The second-order valence-corrected chi connectivity index (χ2v) is 11.8. The van der Waals surface area contributed by atoms with Crippen LogP contribution in [0, 0.1) is 19.8 Å². The summed E-state index contributed by atoms with van der Waals surface area (Å²) in [6.07, 6.45) is 0.993. The summed E-state index contributed by atoms with van der Waals surface area (Å²) in [5.41, 5.74) is 12.5. The van der Waals surface area contributed by atoms with Gasteiger partial charge in [0.15, 0.2) is 0 Å². The van der Waals surface area contributed by atoms with Gasteiger partial charge in [0, 0.05) is 11.5 Å². The zero-order valence-corrected chi connectivity index (χ0v) is 23.7. The summed E-state index contributed by atoms with van der Waals surface area (Å²) in [4.78, 5) is 5.32. The highest BCUT2D eigenvalue weighted by Crippen LogP contribution is 2.42. The van der Waals surface area contributed by atoms with Crippen LogP contribution in [-0.2, 0) is 6.42 Å². The molecule has 196 valence electrons. The van der Waals surface area contributed by atoms with Crippen LogP contribution in [0.5, 0.6) is 0 Å². The first-order valence-electron chi connectivity index (χ1n) is 14.6. The van der Waals surface area contributed by atoms with Crippen LogP contribution >= 0.6 is 0 Å². The summed E-state index contributed by atoms with van der Waals surface area (Å²) >= 11 is 0. The van der Waals surface area contributed by atoms with Gasteiger partial charge in [-0.1, -0.05) is 121 Å². The SMILES string of the molecule is Cc1ccc(-c2ccc3c(c2)CC(C)C(c2ccc4ccc5c(-c6ccc(C)cc6)ccc6ccc2c4c65)=N3)cc1. The molecule has 1 unspecified atom stereocenters. The Morgan fingerprint density at radius 1 is 0.537 bits per heavy atom. The third kappa shape index (κ3) is 3.88. The quantitative estimate of drug-likeness (QED) is 0.203. The molecule has 0 amide bonds. The molecule has 1 heterocycles. The Morgan fingerprint density at radius 3 is 1.73 bits per heavy atom. The first kappa shape index (κ1) is 24.1. The summed E-state index contributed by atoms with van der Waals surface area (Å²) in [5, 5.41) is 7.89. The fourth-order valence-electron chi connectivity index (χ4n) is 6.79. The molecule has 0 aliphatic carbocycles. The minimum Gasteiger partial charge on any atom is -0.252 e. The number of hydrogen-bond acceptors (Lipinski definition) is 1. The second-order valence-electron chi connectivity index (χ2n) is 11.8. The first-order chi connectivity index (χ1) is 20.0. The smallest absolute Gasteiger partial charge is 0.0665 e. The van der Waals surface area contributed by atoms with E-state index in [-0.39, 0.29) is 0 Å². The van der Waals surface area contributed by atoms with Crippen molar-refractivity contribution in [3.63, 3.8) is 0 Å². The topological polar surface area (TPSA) is 12.4 Å². The first-order valence-corrected chi connectivity index (χ1v) is 14.6. The maximum Gasteiger partial charge on any atom is 0.0665 e. The molecule has 0 saturated heterocycles. The highest BCUT2D eigenvalue weighted by molar-refractivity contribution is 6.29. The largest absolute Gasteiger partial charge is 0.252 e. The van der Waals surface area contributed by atoms with Crippen molar-refractivity contribution in [1.82, 2.24) is 0 Å². The van der Waals surface area contributed by atoms with Crippen LogP contribution in [-0.4, -0.2) is 5.71 Å². The van der Waals surface area contributed by atoms with Gasteiger partial charge in [0.2, 0.25) is 0 Å². The highest BCUT2D eigenvalue weighted by atomic mass is 14.8. The van der Waals surface area contributed by atoms with Gasteiger partial charge in [-0.3, -0.25) is 4.99 Å². The molecule has 0 radical (unpaired) electrons. The number of aryl methyl sites for hydroxylation is 2. The van der Waals surface area contributed by atoms with E-state index in [9.17, 15) is 0 Å². The summed E-state index contributed by atoms with van der Waals surface area (Å²) < 4.78 is 0. The van der Waals surface area contributed by atoms with E-state index >= 15 is 0 Å². The average molecular weight is 526 g/mol. The number of nitrogens with zero attached hydrogens (tertiary/aromatic N) is 1. The molecule has 1 heteroatoms. The number of aliphatic imine (C=N–C) groups is 1. The van der Waals surface area contributed by atoms with E-state index < -0.39 is 0 Å². The molecular formula is C40H31N. The molecule has 1 atom stereocenters. The molecule has 41 heavy (non-hydrogen) atoms. The van der Waals surface area contributed by atoms with Crippen molar-refractivity contribution in [2.24, 2.45) is 10.9 Å². The fraction of sp³-hybridized carbons (Fsp3) is 0.125. The minimum atomic E-state index is 0.331. The summed E-state index contributed by atoms with van der Waals surface area (Å²) in [7, 11) is 0. The van der Waals surface area contributed by atoms with Crippen LogP contribution in [0.3, 0.4) is 0 Å². The Balaban J connectivity index is 1.29. The maximum atomic E-state index is 5.32. The van der Waals surface area contributed by atoms with Crippen LogP contribution in [0.15, 0.2) is 120 Å². The molecule has 1 nitrogen and oxygen atoms in total. The molecule has 7 aromatic rings. The lowest BCUT2D eigenvalue weighted by Gasteiger charge is -2.24. The van der Waals surface area contributed by atoms with Crippen molar-refractivity contribution < 1.29 is 0 Å². The van der Waals surface area contributed by atoms with Crippen LogP contribution < -0.4 is 0 Å². The van der Waals surface area contributed by atoms with Gasteiger partial charge in [-0.15, -0.1) is 0 Å². The van der Waals surface area contributed by atoms with E-state index in [1.54, 1.807) is 0 Å². The predicted octanol–water partition coefficient (Wildman–Crippen LogP) is 10.8. The van der Waals surface area contributed by atoms with E-state index in [1.165, 1.54) is 82.5 Å². The molecule has 0 spiro atoms. The van der Waals surface area contributed by atoms with Gasteiger partial charge >= 0.3 is 0 Å². The summed E-state index contributed by atoms with van der Waals surface area (Å²) in [6, 6.07) is 42.8. The maximum absolute atomic E-state index is 5.32. The molecule has 0 bridgehead atoms. The molecule has 1 aliphatic rings. The van der Waals surface area contributed by atoms with Crippen molar-refractivity contribution in [1.29, 1.82) is 0 Å². The predicted molar refractivity (Wildman–Crippen MR) is 176 cm³/mol. The van der Waals surface area contributed by atoms with Gasteiger partial charge in [-0.25, -0.2) is 0 Å². The lowest BCUT2D eigenvalue weighted by atomic mass is 9.83. The van der Waals surface area contributed by atoms with E-state index in [4.69, 9.17) is 4.99 Å².